The summed E-state index contributed by atoms with van der Waals surface area (Å²) in [6.07, 6.45) is 5.15. The number of rotatable bonds is 3. The van der Waals surface area contributed by atoms with E-state index < -0.39 is 11.4 Å². The average Bonchev–Trinajstić information content (AvgIpc) is 3.13. The van der Waals surface area contributed by atoms with Crippen LogP contribution >= 0.6 is 0 Å². The van der Waals surface area contributed by atoms with Gasteiger partial charge in [-0.25, -0.2) is 14.4 Å². The second-order valence-electron chi connectivity index (χ2n) is 6.89. The summed E-state index contributed by atoms with van der Waals surface area (Å²) in [4.78, 5) is 23.5. The van der Waals surface area contributed by atoms with Crippen molar-refractivity contribution in [1.29, 1.82) is 0 Å². The SMILES string of the molecule is COc1ccc(/N=c2\[nH]c(=O)c(F)c3n2C(C2=CC=C(F)CC2)CC3)c(C)n1. The Balaban J connectivity index is 1.89. The Morgan fingerprint density at radius 3 is 2.75 bits per heavy atom. The Hall–Kier alpha value is -3.03. The molecule has 0 saturated carbocycles. The van der Waals surface area contributed by atoms with E-state index in [0.29, 0.717) is 48.6 Å². The molecule has 146 valence electrons. The summed E-state index contributed by atoms with van der Waals surface area (Å²) in [5.74, 6) is -0.491. The third-order valence-corrected chi connectivity index (χ3v) is 5.19. The Morgan fingerprint density at radius 1 is 1.25 bits per heavy atom. The first-order valence-electron chi connectivity index (χ1n) is 9.12. The number of halogens is 2. The van der Waals surface area contributed by atoms with Crippen LogP contribution in [0.3, 0.4) is 0 Å². The van der Waals surface area contributed by atoms with Gasteiger partial charge in [0.1, 0.15) is 5.83 Å². The number of aromatic nitrogens is 3. The van der Waals surface area contributed by atoms with Gasteiger partial charge in [-0.15, -0.1) is 0 Å². The highest BCUT2D eigenvalue weighted by atomic mass is 19.1. The van der Waals surface area contributed by atoms with Gasteiger partial charge in [0.25, 0.3) is 5.56 Å². The zero-order valence-electron chi connectivity index (χ0n) is 15.6. The van der Waals surface area contributed by atoms with Gasteiger partial charge in [0, 0.05) is 12.5 Å². The van der Waals surface area contributed by atoms with Gasteiger partial charge in [-0.2, -0.15) is 4.39 Å². The lowest BCUT2D eigenvalue weighted by molar-refractivity contribution is 0.397. The maximum Gasteiger partial charge on any atom is 0.288 e. The number of hydrogen-bond donors (Lipinski definition) is 1. The van der Waals surface area contributed by atoms with E-state index in [9.17, 15) is 13.6 Å². The number of H-pyrrole nitrogens is 1. The molecule has 0 fully saturated rings. The summed E-state index contributed by atoms with van der Waals surface area (Å²) in [6.45, 7) is 1.78. The van der Waals surface area contributed by atoms with E-state index in [1.165, 1.54) is 13.2 Å². The number of fused-ring (bicyclic) bond motifs is 1. The molecule has 0 amide bonds. The van der Waals surface area contributed by atoms with Crippen LogP contribution in [0.4, 0.5) is 14.5 Å². The minimum absolute atomic E-state index is 0.163. The first-order valence-corrected chi connectivity index (χ1v) is 9.12. The van der Waals surface area contributed by atoms with Gasteiger partial charge in [0.15, 0.2) is 0 Å². The van der Waals surface area contributed by atoms with Gasteiger partial charge in [-0.3, -0.25) is 9.78 Å². The highest BCUT2D eigenvalue weighted by Crippen LogP contribution is 2.35. The van der Waals surface area contributed by atoms with E-state index >= 15 is 0 Å². The quantitative estimate of drug-likeness (QED) is 0.880. The molecule has 0 radical (unpaired) electrons. The van der Waals surface area contributed by atoms with Crippen LogP contribution in [0, 0.1) is 12.7 Å². The van der Waals surface area contributed by atoms with Gasteiger partial charge in [0.05, 0.1) is 30.2 Å². The molecule has 2 aliphatic rings. The highest BCUT2D eigenvalue weighted by Gasteiger charge is 2.30. The molecule has 0 spiro atoms. The van der Waals surface area contributed by atoms with E-state index in [4.69, 9.17) is 4.74 Å². The van der Waals surface area contributed by atoms with Crippen LogP contribution in [0.1, 0.15) is 36.7 Å². The zero-order valence-corrected chi connectivity index (χ0v) is 15.6. The molecule has 0 bridgehead atoms. The number of aromatic amines is 1. The summed E-state index contributed by atoms with van der Waals surface area (Å²) in [5.41, 5.74) is 1.95. The van der Waals surface area contributed by atoms with Crippen molar-refractivity contribution in [2.75, 3.05) is 7.11 Å². The Kier molecular flexibility index (Phi) is 4.70. The van der Waals surface area contributed by atoms with Crippen LogP contribution in [0.15, 0.2) is 45.5 Å². The predicted octanol–water partition coefficient (Wildman–Crippen LogP) is 3.32. The van der Waals surface area contributed by atoms with E-state index in [2.05, 4.69) is 15.0 Å². The van der Waals surface area contributed by atoms with Crippen LogP contribution in [-0.4, -0.2) is 21.6 Å². The van der Waals surface area contributed by atoms with Crippen molar-refractivity contribution in [3.05, 3.63) is 68.9 Å². The fraction of sp³-hybridized carbons (Fsp3) is 0.350. The van der Waals surface area contributed by atoms with E-state index in [1.54, 1.807) is 29.7 Å². The summed E-state index contributed by atoms with van der Waals surface area (Å²) in [5, 5.41) is 0. The van der Waals surface area contributed by atoms with Crippen molar-refractivity contribution >= 4 is 5.69 Å². The third-order valence-electron chi connectivity index (χ3n) is 5.19. The van der Waals surface area contributed by atoms with Gasteiger partial charge in [-0.1, -0.05) is 6.08 Å². The number of methoxy groups -OCH3 is 1. The molecule has 1 atom stereocenters. The predicted molar refractivity (Wildman–Crippen MR) is 99.6 cm³/mol. The first-order chi connectivity index (χ1) is 13.5. The maximum absolute atomic E-state index is 14.5. The lowest BCUT2D eigenvalue weighted by Crippen LogP contribution is -2.35. The molecule has 1 aliphatic heterocycles. The number of nitrogens with one attached hydrogen (secondary N) is 1. The maximum atomic E-state index is 14.5. The number of ether oxygens (including phenoxy) is 1. The first kappa shape index (κ1) is 18.3. The number of hydrogen-bond acceptors (Lipinski definition) is 4. The molecule has 1 unspecified atom stereocenters. The van der Waals surface area contributed by atoms with Gasteiger partial charge in [-0.05, 0) is 43.9 Å². The molecular formula is C20H20F2N4O2. The second kappa shape index (κ2) is 7.18. The van der Waals surface area contributed by atoms with Crippen LogP contribution in [0.2, 0.25) is 0 Å². The molecule has 2 aromatic rings. The number of pyridine rings is 1. The molecule has 3 heterocycles. The molecule has 2 aromatic heterocycles. The highest BCUT2D eigenvalue weighted by molar-refractivity contribution is 5.43. The van der Waals surface area contributed by atoms with Crippen molar-refractivity contribution in [3.8, 4) is 5.88 Å². The van der Waals surface area contributed by atoms with E-state index in [1.807, 2.05) is 0 Å². The summed E-state index contributed by atoms with van der Waals surface area (Å²) >= 11 is 0. The molecule has 0 saturated heterocycles. The van der Waals surface area contributed by atoms with Crippen molar-refractivity contribution in [2.24, 2.45) is 4.99 Å². The lowest BCUT2D eigenvalue weighted by atomic mass is 9.96. The summed E-state index contributed by atoms with van der Waals surface area (Å²) in [6, 6.07) is 3.24. The largest absolute Gasteiger partial charge is 0.481 e. The van der Waals surface area contributed by atoms with Gasteiger partial charge >= 0.3 is 0 Å². The Bertz CT molecular complexity index is 1130. The van der Waals surface area contributed by atoms with Gasteiger partial charge < -0.3 is 9.30 Å². The van der Waals surface area contributed by atoms with Crippen LogP contribution in [0.5, 0.6) is 5.88 Å². The van der Waals surface area contributed by atoms with Crippen molar-refractivity contribution in [3.63, 3.8) is 0 Å². The smallest absolute Gasteiger partial charge is 0.288 e. The summed E-state index contributed by atoms with van der Waals surface area (Å²) in [7, 11) is 1.53. The molecule has 28 heavy (non-hydrogen) atoms. The van der Waals surface area contributed by atoms with Gasteiger partial charge in [0.2, 0.25) is 17.3 Å². The molecule has 1 N–H and O–H groups in total. The van der Waals surface area contributed by atoms with E-state index in [0.717, 1.165) is 5.57 Å². The standard InChI is InChI=1S/C20H20F2N4O2/c1-11-14(7-10-17(23-11)28-2)24-20-25-19(27)18(22)16-9-8-15(26(16)20)12-3-5-13(21)6-4-12/h3,5,7,10,15H,4,6,8-9H2,1-2H3,(H,24,25,27). The monoisotopic (exact) mass is 386 g/mol. The normalized spacial score (nSPS) is 19.3. The average molecular weight is 386 g/mol. The van der Waals surface area contributed by atoms with E-state index in [-0.39, 0.29) is 17.5 Å². The molecule has 1 aliphatic carbocycles. The number of nitrogens with zero attached hydrogens (tertiary/aromatic N) is 3. The minimum Gasteiger partial charge on any atom is -0.481 e. The van der Waals surface area contributed by atoms with Crippen LogP contribution in [0.25, 0.3) is 0 Å². The summed E-state index contributed by atoms with van der Waals surface area (Å²) < 4.78 is 34.7. The minimum atomic E-state index is -0.798. The molecule has 4 rings (SSSR count). The molecule has 0 aromatic carbocycles. The fourth-order valence-electron chi connectivity index (χ4n) is 3.76. The molecule has 6 nitrogen and oxygen atoms in total. The lowest BCUT2D eigenvalue weighted by Gasteiger charge is -2.21. The van der Waals surface area contributed by atoms with Crippen LogP contribution < -0.4 is 15.9 Å². The number of allylic oxidation sites excluding steroid dienone is 4. The van der Waals surface area contributed by atoms with Crippen molar-refractivity contribution < 1.29 is 13.5 Å². The molecule has 8 heteroatoms. The van der Waals surface area contributed by atoms with Crippen molar-refractivity contribution in [1.82, 2.24) is 14.5 Å². The van der Waals surface area contributed by atoms with Crippen LogP contribution in [-0.2, 0) is 6.42 Å². The molecular weight excluding hydrogens is 366 g/mol. The second-order valence-corrected chi connectivity index (χ2v) is 6.89. The zero-order chi connectivity index (χ0) is 19.8. The fourth-order valence-corrected chi connectivity index (χ4v) is 3.76. The Labute approximate surface area is 159 Å². The van der Waals surface area contributed by atoms with Crippen molar-refractivity contribution in [2.45, 2.75) is 38.6 Å². The number of aryl methyl sites for hydroxylation is 1. The third kappa shape index (κ3) is 3.19. The topological polar surface area (TPSA) is 72.3 Å². The Morgan fingerprint density at radius 2 is 2.07 bits per heavy atom.